The van der Waals surface area contributed by atoms with Gasteiger partial charge in [-0.1, -0.05) is 49.4 Å². The van der Waals surface area contributed by atoms with E-state index in [1.54, 1.807) is 7.11 Å². The van der Waals surface area contributed by atoms with Crippen molar-refractivity contribution in [2.24, 2.45) is 0 Å². The summed E-state index contributed by atoms with van der Waals surface area (Å²) in [5.41, 5.74) is 5.38. The van der Waals surface area contributed by atoms with Gasteiger partial charge in [0.15, 0.2) is 0 Å². The van der Waals surface area contributed by atoms with E-state index in [1.807, 2.05) is 6.07 Å². The highest BCUT2D eigenvalue weighted by atomic mass is 16.5. The average molecular weight is 250 g/mol. The van der Waals surface area contributed by atoms with Crippen LogP contribution >= 0.6 is 0 Å². The van der Waals surface area contributed by atoms with Gasteiger partial charge in [0, 0.05) is 5.92 Å². The van der Waals surface area contributed by atoms with Crippen LogP contribution in [0.4, 0.5) is 0 Å². The molecule has 96 valence electrons. The summed E-state index contributed by atoms with van der Waals surface area (Å²) < 4.78 is 5.33. The third kappa shape index (κ3) is 2.06. The van der Waals surface area contributed by atoms with Crippen molar-refractivity contribution in [2.75, 3.05) is 7.11 Å². The van der Waals surface area contributed by atoms with Gasteiger partial charge in [-0.3, -0.25) is 0 Å². The molecule has 0 spiro atoms. The predicted molar refractivity (Wildman–Crippen MR) is 79.5 cm³/mol. The van der Waals surface area contributed by atoms with Crippen LogP contribution in [0.2, 0.25) is 0 Å². The zero-order valence-corrected chi connectivity index (χ0v) is 11.4. The van der Waals surface area contributed by atoms with Crippen LogP contribution in [0.15, 0.2) is 54.6 Å². The van der Waals surface area contributed by atoms with Crippen molar-refractivity contribution in [3.8, 4) is 5.75 Å². The summed E-state index contributed by atoms with van der Waals surface area (Å²) in [6.07, 6.45) is 3.53. The maximum absolute atomic E-state index is 5.33. The molecule has 19 heavy (non-hydrogen) atoms. The van der Waals surface area contributed by atoms with Gasteiger partial charge >= 0.3 is 0 Å². The Morgan fingerprint density at radius 3 is 2.68 bits per heavy atom. The molecule has 2 aromatic carbocycles. The number of methoxy groups -OCH3 is 1. The molecule has 0 saturated heterocycles. The van der Waals surface area contributed by atoms with E-state index in [0.29, 0.717) is 5.92 Å². The monoisotopic (exact) mass is 250 g/mol. The number of hydrogen-bond acceptors (Lipinski definition) is 1. The molecule has 0 saturated carbocycles. The summed E-state index contributed by atoms with van der Waals surface area (Å²) in [5.74, 6) is 1.45. The molecule has 0 aromatic heterocycles. The molecule has 3 rings (SSSR count). The number of hydrogen-bond donors (Lipinski definition) is 0. The van der Waals surface area contributed by atoms with E-state index in [2.05, 4.69) is 55.5 Å². The maximum Gasteiger partial charge on any atom is 0.119 e. The van der Waals surface area contributed by atoms with E-state index in [-0.39, 0.29) is 0 Å². The second-order valence-electron chi connectivity index (χ2n) is 4.91. The summed E-state index contributed by atoms with van der Waals surface area (Å²) >= 11 is 0. The smallest absolute Gasteiger partial charge is 0.119 e. The lowest BCUT2D eigenvalue weighted by atomic mass is 9.97. The van der Waals surface area contributed by atoms with Gasteiger partial charge < -0.3 is 4.74 Å². The van der Waals surface area contributed by atoms with E-state index in [4.69, 9.17) is 4.74 Å². The molecule has 1 heteroatoms. The number of rotatable bonds is 3. The first-order valence-electron chi connectivity index (χ1n) is 6.79. The van der Waals surface area contributed by atoms with Gasteiger partial charge in [0.25, 0.3) is 0 Å². The van der Waals surface area contributed by atoms with Crippen LogP contribution < -0.4 is 4.74 Å². The van der Waals surface area contributed by atoms with Crippen LogP contribution in [-0.4, -0.2) is 7.11 Å². The van der Waals surface area contributed by atoms with Gasteiger partial charge in [-0.15, -0.1) is 0 Å². The van der Waals surface area contributed by atoms with Crippen molar-refractivity contribution >= 4 is 5.57 Å². The fraction of sp³-hybridized carbons (Fsp3) is 0.222. The molecule has 2 aromatic rings. The van der Waals surface area contributed by atoms with Gasteiger partial charge in [0.1, 0.15) is 5.75 Å². The fourth-order valence-corrected chi connectivity index (χ4v) is 2.83. The Labute approximate surface area is 114 Å². The lowest BCUT2D eigenvalue weighted by Crippen LogP contribution is -1.90. The Balaban J connectivity index is 2.10. The standard InChI is InChI=1S/C18H18O/c1-3-13-12-18(17-10-5-4-9-16(13)17)14-7-6-8-15(11-14)19-2/h4-13H,3H2,1-2H3. The summed E-state index contributed by atoms with van der Waals surface area (Å²) in [4.78, 5) is 0. The Morgan fingerprint density at radius 1 is 1.05 bits per heavy atom. The number of allylic oxidation sites excluding steroid dienone is 1. The average Bonchev–Trinajstić information content (AvgIpc) is 2.86. The van der Waals surface area contributed by atoms with Crippen LogP contribution in [0.25, 0.3) is 5.57 Å². The quantitative estimate of drug-likeness (QED) is 0.771. The number of ether oxygens (including phenoxy) is 1. The Hall–Kier alpha value is -2.02. The van der Waals surface area contributed by atoms with E-state index in [1.165, 1.54) is 22.3 Å². The molecule has 1 atom stereocenters. The highest BCUT2D eigenvalue weighted by molar-refractivity contribution is 5.86. The zero-order chi connectivity index (χ0) is 13.2. The molecule has 1 aliphatic carbocycles. The molecule has 0 N–H and O–H groups in total. The predicted octanol–water partition coefficient (Wildman–Crippen LogP) is 4.63. The molecular formula is C18H18O. The third-order valence-corrected chi connectivity index (χ3v) is 3.84. The van der Waals surface area contributed by atoms with Crippen molar-refractivity contribution in [1.82, 2.24) is 0 Å². The molecule has 0 heterocycles. The first-order chi connectivity index (χ1) is 9.33. The van der Waals surface area contributed by atoms with Crippen LogP contribution in [0.3, 0.4) is 0 Å². The Morgan fingerprint density at radius 2 is 1.89 bits per heavy atom. The van der Waals surface area contributed by atoms with E-state index >= 15 is 0 Å². The SMILES string of the molecule is CCC1C=C(c2cccc(OC)c2)c2ccccc21. The summed E-state index contributed by atoms with van der Waals surface area (Å²) in [6.45, 7) is 2.24. The van der Waals surface area contributed by atoms with Gasteiger partial charge in [-0.2, -0.15) is 0 Å². The van der Waals surface area contributed by atoms with Gasteiger partial charge in [0.2, 0.25) is 0 Å². The number of fused-ring (bicyclic) bond motifs is 1. The topological polar surface area (TPSA) is 9.23 Å². The lowest BCUT2D eigenvalue weighted by molar-refractivity contribution is 0.414. The molecule has 1 nitrogen and oxygen atoms in total. The van der Waals surface area contributed by atoms with Crippen molar-refractivity contribution in [3.05, 3.63) is 71.3 Å². The minimum Gasteiger partial charge on any atom is -0.497 e. The summed E-state index contributed by atoms with van der Waals surface area (Å²) in [6, 6.07) is 17.0. The third-order valence-electron chi connectivity index (χ3n) is 3.84. The van der Waals surface area contributed by atoms with E-state index < -0.39 is 0 Å². The molecule has 0 radical (unpaired) electrons. The normalized spacial score (nSPS) is 16.9. The maximum atomic E-state index is 5.33. The van der Waals surface area contributed by atoms with Crippen molar-refractivity contribution in [3.63, 3.8) is 0 Å². The summed E-state index contributed by atoms with van der Waals surface area (Å²) in [7, 11) is 1.71. The van der Waals surface area contributed by atoms with Crippen LogP contribution in [0.1, 0.15) is 36.0 Å². The Bertz CT molecular complexity index is 625. The van der Waals surface area contributed by atoms with Crippen molar-refractivity contribution in [2.45, 2.75) is 19.3 Å². The van der Waals surface area contributed by atoms with E-state index in [0.717, 1.165) is 12.2 Å². The summed E-state index contributed by atoms with van der Waals surface area (Å²) in [5, 5.41) is 0. The van der Waals surface area contributed by atoms with Crippen LogP contribution in [-0.2, 0) is 0 Å². The largest absolute Gasteiger partial charge is 0.497 e. The molecule has 0 amide bonds. The Kier molecular flexibility index (Phi) is 3.12. The fourth-order valence-electron chi connectivity index (χ4n) is 2.83. The second-order valence-corrected chi connectivity index (χ2v) is 4.91. The molecule has 0 aliphatic heterocycles. The van der Waals surface area contributed by atoms with E-state index in [9.17, 15) is 0 Å². The first kappa shape index (κ1) is 12.0. The highest BCUT2D eigenvalue weighted by Gasteiger charge is 2.22. The van der Waals surface area contributed by atoms with Crippen LogP contribution in [0.5, 0.6) is 5.75 Å². The molecular weight excluding hydrogens is 232 g/mol. The zero-order valence-electron chi connectivity index (χ0n) is 11.4. The van der Waals surface area contributed by atoms with Gasteiger partial charge in [-0.05, 0) is 40.8 Å². The highest BCUT2D eigenvalue weighted by Crippen LogP contribution is 2.41. The minimum absolute atomic E-state index is 0.539. The molecule has 0 fully saturated rings. The number of benzene rings is 2. The van der Waals surface area contributed by atoms with Gasteiger partial charge in [0.05, 0.1) is 7.11 Å². The molecule has 1 unspecified atom stereocenters. The van der Waals surface area contributed by atoms with Crippen molar-refractivity contribution in [1.29, 1.82) is 0 Å². The van der Waals surface area contributed by atoms with Crippen molar-refractivity contribution < 1.29 is 4.74 Å². The van der Waals surface area contributed by atoms with Crippen LogP contribution in [0, 0.1) is 0 Å². The van der Waals surface area contributed by atoms with Gasteiger partial charge in [-0.25, -0.2) is 0 Å². The first-order valence-corrected chi connectivity index (χ1v) is 6.79. The lowest BCUT2D eigenvalue weighted by Gasteiger charge is -2.08. The molecule has 0 bridgehead atoms. The minimum atomic E-state index is 0.539. The second kappa shape index (κ2) is 4.93. The molecule has 1 aliphatic rings.